The number of ether oxygens (including phenoxy) is 1. The van der Waals surface area contributed by atoms with E-state index in [0.29, 0.717) is 23.2 Å². The van der Waals surface area contributed by atoms with E-state index < -0.39 is 5.91 Å². The molecular formula is C24H29N5O3. The Kier molecular flexibility index (Phi) is 6.32. The lowest BCUT2D eigenvalue weighted by atomic mass is 10.2. The molecule has 1 aromatic heterocycles. The van der Waals surface area contributed by atoms with Crippen molar-refractivity contribution < 1.29 is 14.6 Å². The highest BCUT2D eigenvalue weighted by molar-refractivity contribution is 6.04. The van der Waals surface area contributed by atoms with Crippen LogP contribution in [0, 0.1) is 0 Å². The van der Waals surface area contributed by atoms with Crippen molar-refractivity contribution in [1.82, 2.24) is 14.7 Å². The number of amides is 1. The number of methoxy groups -OCH3 is 1. The monoisotopic (exact) mass is 435 g/mol. The van der Waals surface area contributed by atoms with Crippen LogP contribution < -0.4 is 15.0 Å². The summed E-state index contributed by atoms with van der Waals surface area (Å²) in [4.78, 5) is 17.6. The van der Waals surface area contributed by atoms with Gasteiger partial charge in [-0.25, -0.2) is 4.68 Å². The van der Waals surface area contributed by atoms with E-state index in [4.69, 9.17) is 4.74 Å². The zero-order valence-corrected chi connectivity index (χ0v) is 18.7. The van der Waals surface area contributed by atoms with Crippen LogP contribution >= 0.6 is 0 Å². The average molecular weight is 436 g/mol. The lowest BCUT2D eigenvalue weighted by Crippen LogP contribution is -2.48. The van der Waals surface area contributed by atoms with Gasteiger partial charge in [-0.05, 0) is 56.3 Å². The van der Waals surface area contributed by atoms with E-state index in [1.807, 2.05) is 18.2 Å². The molecule has 1 saturated heterocycles. The summed E-state index contributed by atoms with van der Waals surface area (Å²) in [5.41, 5.74) is 2.41. The van der Waals surface area contributed by atoms with Crippen LogP contribution in [0.15, 0.2) is 54.7 Å². The second-order valence-electron chi connectivity index (χ2n) is 8.13. The van der Waals surface area contributed by atoms with Crippen molar-refractivity contribution in [2.24, 2.45) is 0 Å². The maximum atomic E-state index is 12.8. The number of aromatic nitrogens is 2. The first-order chi connectivity index (χ1) is 15.4. The number of hydrogen-bond donors (Lipinski definition) is 2. The van der Waals surface area contributed by atoms with Crippen LogP contribution in [0.4, 0.5) is 11.4 Å². The van der Waals surface area contributed by atoms with Crippen LogP contribution in [0.3, 0.4) is 0 Å². The van der Waals surface area contributed by atoms with Gasteiger partial charge in [0.15, 0.2) is 11.4 Å². The van der Waals surface area contributed by atoms with Crippen LogP contribution in [0.1, 0.15) is 24.3 Å². The van der Waals surface area contributed by atoms with Crippen LogP contribution in [0.2, 0.25) is 0 Å². The van der Waals surface area contributed by atoms with E-state index in [0.717, 1.165) is 31.9 Å². The lowest BCUT2D eigenvalue weighted by Gasteiger charge is -2.38. The molecule has 2 heterocycles. The maximum Gasteiger partial charge on any atom is 0.280 e. The fraction of sp³-hybridized carbons (Fsp3) is 0.333. The average Bonchev–Trinajstić information content (AvgIpc) is 3.21. The van der Waals surface area contributed by atoms with E-state index in [2.05, 4.69) is 40.1 Å². The SMILES string of the molecule is COc1ccc(-n2cc(O)c(C(=O)Nc3cccc(N4CCN(C(C)C)CC4)c3)n2)cc1. The molecule has 0 unspecified atom stereocenters. The Hall–Kier alpha value is -3.52. The zero-order chi connectivity index (χ0) is 22.7. The molecule has 1 amide bonds. The van der Waals surface area contributed by atoms with E-state index in [-0.39, 0.29) is 11.4 Å². The number of carbonyl (C=O) groups is 1. The molecule has 32 heavy (non-hydrogen) atoms. The molecule has 4 rings (SSSR count). The number of nitrogens with one attached hydrogen (secondary N) is 1. The minimum atomic E-state index is -0.462. The summed E-state index contributed by atoms with van der Waals surface area (Å²) in [5.74, 6) is 0.0735. The minimum Gasteiger partial charge on any atom is -0.504 e. The Morgan fingerprint density at radius 1 is 1.06 bits per heavy atom. The lowest BCUT2D eigenvalue weighted by molar-refractivity contribution is 0.101. The molecule has 1 aliphatic rings. The molecule has 3 aromatic rings. The molecule has 2 aromatic carbocycles. The van der Waals surface area contributed by atoms with Crippen molar-refractivity contribution >= 4 is 17.3 Å². The fourth-order valence-electron chi connectivity index (χ4n) is 3.86. The van der Waals surface area contributed by atoms with E-state index in [1.165, 1.54) is 10.9 Å². The number of aromatic hydroxyl groups is 1. The van der Waals surface area contributed by atoms with E-state index in [1.54, 1.807) is 31.4 Å². The summed E-state index contributed by atoms with van der Waals surface area (Å²) in [6, 6.07) is 15.5. The Bertz CT molecular complexity index is 1070. The number of anilines is 2. The largest absolute Gasteiger partial charge is 0.504 e. The Balaban J connectivity index is 1.45. The molecule has 8 heteroatoms. The van der Waals surface area contributed by atoms with Crippen molar-refractivity contribution in [3.8, 4) is 17.2 Å². The van der Waals surface area contributed by atoms with Gasteiger partial charge < -0.3 is 20.1 Å². The third kappa shape index (κ3) is 4.70. The highest BCUT2D eigenvalue weighted by Gasteiger charge is 2.20. The molecule has 0 radical (unpaired) electrons. The summed E-state index contributed by atoms with van der Waals surface area (Å²) < 4.78 is 6.63. The molecule has 2 N–H and O–H groups in total. The topological polar surface area (TPSA) is 82.9 Å². The highest BCUT2D eigenvalue weighted by atomic mass is 16.5. The van der Waals surface area contributed by atoms with Gasteiger partial charge >= 0.3 is 0 Å². The summed E-state index contributed by atoms with van der Waals surface area (Å²) >= 11 is 0. The molecule has 0 aliphatic carbocycles. The first-order valence-electron chi connectivity index (χ1n) is 10.8. The molecule has 0 saturated carbocycles. The van der Waals surface area contributed by atoms with Crippen LogP contribution in [-0.4, -0.2) is 65.0 Å². The van der Waals surface area contributed by atoms with Gasteiger partial charge in [-0.3, -0.25) is 9.69 Å². The third-order valence-electron chi connectivity index (χ3n) is 5.76. The number of carbonyl (C=O) groups excluding carboxylic acids is 1. The smallest absolute Gasteiger partial charge is 0.280 e. The van der Waals surface area contributed by atoms with Gasteiger partial charge in [0, 0.05) is 43.6 Å². The molecule has 8 nitrogen and oxygen atoms in total. The van der Waals surface area contributed by atoms with E-state index in [9.17, 15) is 9.90 Å². The molecule has 1 fully saturated rings. The molecule has 1 aliphatic heterocycles. The van der Waals surface area contributed by atoms with Crippen molar-refractivity contribution in [2.45, 2.75) is 19.9 Å². The van der Waals surface area contributed by atoms with Gasteiger partial charge in [0.05, 0.1) is 19.0 Å². The molecule has 0 bridgehead atoms. The van der Waals surface area contributed by atoms with Crippen molar-refractivity contribution in [1.29, 1.82) is 0 Å². The minimum absolute atomic E-state index is 0.0308. The van der Waals surface area contributed by atoms with Gasteiger partial charge in [0.25, 0.3) is 5.91 Å². The predicted octanol–water partition coefficient (Wildman–Crippen LogP) is 3.37. The zero-order valence-electron chi connectivity index (χ0n) is 18.7. The normalized spacial score (nSPS) is 14.6. The third-order valence-corrected chi connectivity index (χ3v) is 5.76. The summed E-state index contributed by atoms with van der Waals surface area (Å²) in [5, 5.41) is 17.4. The number of benzene rings is 2. The fourth-order valence-corrected chi connectivity index (χ4v) is 3.86. The van der Waals surface area contributed by atoms with Gasteiger partial charge in [0.2, 0.25) is 0 Å². The summed E-state index contributed by atoms with van der Waals surface area (Å²) in [6.45, 7) is 8.37. The maximum absolute atomic E-state index is 12.8. The van der Waals surface area contributed by atoms with Crippen molar-refractivity contribution in [3.05, 3.63) is 60.4 Å². The van der Waals surface area contributed by atoms with Gasteiger partial charge in [-0.1, -0.05) is 6.07 Å². The molecule has 0 spiro atoms. The van der Waals surface area contributed by atoms with Crippen molar-refractivity contribution in [2.75, 3.05) is 43.5 Å². The van der Waals surface area contributed by atoms with Crippen LogP contribution in [0.25, 0.3) is 5.69 Å². The first kappa shape index (κ1) is 21.7. The number of piperazine rings is 1. The van der Waals surface area contributed by atoms with Crippen LogP contribution in [0.5, 0.6) is 11.5 Å². The predicted molar refractivity (Wildman–Crippen MR) is 125 cm³/mol. The van der Waals surface area contributed by atoms with Crippen LogP contribution in [-0.2, 0) is 0 Å². The number of nitrogens with zero attached hydrogens (tertiary/aromatic N) is 4. The van der Waals surface area contributed by atoms with E-state index >= 15 is 0 Å². The molecular weight excluding hydrogens is 406 g/mol. The highest BCUT2D eigenvalue weighted by Crippen LogP contribution is 2.24. The molecule has 0 atom stereocenters. The van der Waals surface area contributed by atoms with Gasteiger partial charge in [-0.2, -0.15) is 5.10 Å². The Morgan fingerprint density at radius 2 is 1.78 bits per heavy atom. The molecule has 168 valence electrons. The second kappa shape index (κ2) is 9.32. The van der Waals surface area contributed by atoms with Gasteiger partial charge in [-0.15, -0.1) is 0 Å². The number of hydrogen-bond acceptors (Lipinski definition) is 6. The summed E-state index contributed by atoms with van der Waals surface area (Å²) in [7, 11) is 1.60. The Labute approximate surface area is 188 Å². The standard InChI is InChI=1S/C24H29N5O3/c1-17(2)27-11-13-28(14-12-27)20-6-4-5-18(15-20)25-24(31)23-22(30)16-29(26-23)19-7-9-21(32-3)10-8-19/h4-10,15-17,30H,11-14H2,1-3H3,(H,25,31). The quantitative estimate of drug-likeness (QED) is 0.618. The number of rotatable bonds is 6. The summed E-state index contributed by atoms with van der Waals surface area (Å²) in [6.07, 6.45) is 1.42. The van der Waals surface area contributed by atoms with Gasteiger partial charge in [0.1, 0.15) is 5.75 Å². The second-order valence-corrected chi connectivity index (χ2v) is 8.13. The van der Waals surface area contributed by atoms with Crippen molar-refractivity contribution in [3.63, 3.8) is 0 Å². The first-order valence-corrected chi connectivity index (χ1v) is 10.8. The Morgan fingerprint density at radius 3 is 2.44 bits per heavy atom.